The van der Waals surface area contributed by atoms with Crippen LogP contribution in [0.25, 0.3) is 0 Å². The van der Waals surface area contributed by atoms with Crippen LogP contribution in [0.2, 0.25) is 0 Å². The molecule has 1 unspecified atom stereocenters. The van der Waals surface area contributed by atoms with Crippen molar-refractivity contribution >= 4 is 21.6 Å². The van der Waals surface area contributed by atoms with Crippen LogP contribution >= 0.6 is 11.6 Å². The summed E-state index contributed by atoms with van der Waals surface area (Å²) in [5.74, 6) is 1.10. The fourth-order valence-corrected chi connectivity index (χ4v) is 4.42. The molecule has 1 heterocycles. The maximum absolute atomic E-state index is 12.1. The van der Waals surface area contributed by atoms with E-state index >= 15 is 0 Å². The Balaban J connectivity index is 2.68. The van der Waals surface area contributed by atoms with Gasteiger partial charge in [0.2, 0.25) is 10.0 Å². The van der Waals surface area contributed by atoms with Gasteiger partial charge in [0.25, 0.3) is 0 Å². The number of hydrogen-bond donors (Lipinski definition) is 0. The summed E-state index contributed by atoms with van der Waals surface area (Å²) in [6.45, 7) is 7.11. The predicted molar refractivity (Wildman–Crippen MR) is 68.3 cm³/mol. The van der Waals surface area contributed by atoms with E-state index in [1.807, 2.05) is 20.8 Å². The maximum atomic E-state index is 12.1. The highest BCUT2D eigenvalue weighted by Crippen LogP contribution is 2.24. The summed E-state index contributed by atoms with van der Waals surface area (Å²) in [5.41, 5.74) is -0.188. The van der Waals surface area contributed by atoms with Crippen LogP contribution < -0.4 is 0 Å². The van der Waals surface area contributed by atoms with Gasteiger partial charge in [0.05, 0.1) is 5.75 Å². The van der Waals surface area contributed by atoms with Gasteiger partial charge in [0.15, 0.2) is 0 Å². The number of halogens is 1. The van der Waals surface area contributed by atoms with Crippen LogP contribution in [-0.4, -0.2) is 37.4 Å². The van der Waals surface area contributed by atoms with Gasteiger partial charge in [0.1, 0.15) is 0 Å². The Hall–Kier alpha value is 0.200. The third-order valence-corrected chi connectivity index (χ3v) is 5.49. The molecule has 96 valence electrons. The van der Waals surface area contributed by atoms with E-state index < -0.39 is 10.0 Å². The molecule has 5 heteroatoms. The fourth-order valence-electron chi connectivity index (χ4n) is 2.04. The van der Waals surface area contributed by atoms with Crippen molar-refractivity contribution in [3.63, 3.8) is 0 Å². The van der Waals surface area contributed by atoms with Crippen molar-refractivity contribution < 1.29 is 8.42 Å². The van der Waals surface area contributed by atoms with Crippen LogP contribution in [0.3, 0.4) is 0 Å². The highest BCUT2D eigenvalue weighted by Gasteiger charge is 2.31. The Morgan fingerprint density at radius 3 is 2.50 bits per heavy atom. The van der Waals surface area contributed by atoms with Gasteiger partial charge in [-0.15, -0.1) is 11.6 Å². The van der Waals surface area contributed by atoms with Crippen LogP contribution in [-0.2, 0) is 10.0 Å². The van der Waals surface area contributed by atoms with Gasteiger partial charge in [-0.1, -0.05) is 20.8 Å². The first kappa shape index (κ1) is 14.3. The van der Waals surface area contributed by atoms with Crippen LogP contribution in [0.5, 0.6) is 0 Å². The summed E-state index contributed by atoms with van der Waals surface area (Å²) in [4.78, 5) is 0. The lowest BCUT2D eigenvalue weighted by Crippen LogP contribution is -2.43. The summed E-state index contributed by atoms with van der Waals surface area (Å²) in [7, 11) is -3.11. The van der Waals surface area contributed by atoms with E-state index in [2.05, 4.69) is 0 Å². The molecule has 0 saturated carbocycles. The molecular weight excluding hydrogens is 246 g/mol. The Bertz CT molecular complexity index is 321. The summed E-state index contributed by atoms with van der Waals surface area (Å²) in [6, 6.07) is 0. The largest absolute Gasteiger partial charge is 0.214 e. The second-order valence-corrected chi connectivity index (χ2v) is 8.11. The van der Waals surface area contributed by atoms with Crippen LogP contribution in [0.1, 0.15) is 33.6 Å². The number of sulfonamides is 1. The molecule has 0 aromatic carbocycles. The summed E-state index contributed by atoms with van der Waals surface area (Å²) in [5, 5.41) is 0. The number of rotatable bonds is 3. The molecule has 0 radical (unpaired) electrons. The molecule has 1 saturated heterocycles. The van der Waals surface area contributed by atoms with E-state index in [9.17, 15) is 8.42 Å². The zero-order valence-electron chi connectivity index (χ0n) is 10.4. The zero-order valence-corrected chi connectivity index (χ0v) is 11.9. The predicted octanol–water partition coefficient (Wildman–Crippen LogP) is 2.31. The Morgan fingerprint density at radius 1 is 1.38 bits per heavy atom. The van der Waals surface area contributed by atoms with Crippen molar-refractivity contribution in [2.24, 2.45) is 11.3 Å². The SMILES string of the molecule is CC(C)(C)CS(=O)(=O)N1CCCC(CCl)C1. The molecule has 1 aliphatic rings. The Morgan fingerprint density at radius 2 is 2.00 bits per heavy atom. The third-order valence-electron chi connectivity index (χ3n) is 2.71. The minimum Gasteiger partial charge on any atom is -0.212 e. The average Bonchev–Trinajstić information content (AvgIpc) is 2.14. The quantitative estimate of drug-likeness (QED) is 0.736. The molecule has 0 spiro atoms. The number of hydrogen-bond acceptors (Lipinski definition) is 2. The molecule has 0 bridgehead atoms. The second kappa shape index (κ2) is 5.23. The molecule has 0 aromatic heterocycles. The van der Waals surface area contributed by atoms with Gasteiger partial charge in [0, 0.05) is 19.0 Å². The van der Waals surface area contributed by atoms with Crippen molar-refractivity contribution in [1.29, 1.82) is 0 Å². The molecule has 0 aromatic rings. The van der Waals surface area contributed by atoms with Crippen LogP contribution in [0.4, 0.5) is 0 Å². The molecule has 1 fully saturated rings. The lowest BCUT2D eigenvalue weighted by molar-refractivity contribution is 0.279. The molecule has 0 aliphatic carbocycles. The Labute approximate surface area is 104 Å². The van der Waals surface area contributed by atoms with Crippen molar-refractivity contribution in [1.82, 2.24) is 4.31 Å². The highest BCUT2D eigenvalue weighted by atomic mass is 35.5. The molecule has 16 heavy (non-hydrogen) atoms. The first-order valence-electron chi connectivity index (χ1n) is 5.78. The molecule has 0 amide bonds. The lowest BCUT2D eigenvalue weighted by atomic mass is 10.0. The number of nitrogens with zero attached hydrogens (tertiary/aromatic N) is 1. The van der Waals surface area contributed by atoms with Crippen LogP contribution in [0, 0.1) is 11.3 Å². The van der Waals surface area contributed by atoms with E-state index in [1.165, 1.54) is 0 Å². The lowest BCUT2D eigenvalue weighted by Gasteiger charge is -2.33. The molecule has 1 aliphatic heterocycles. The van der Waals surface area contributed by atoms with Crippen molar-refractivity contribution in [2.75, 3.05) is 24.7 Å². The summed E-state index contributed by atoms with van der Waals surface area (Å²) in [6.07, 6.45) is 1.98. The number of piperidine rings is 1. The van der Waals surface area contributed by atoms with E-state index in [1.54, 1.807) is 4.31 Å². The topological polar surface area (TPSA) is 37.4 Å². The molecule has 0 N–H and O–H groups in total. The zero-order chi connectivity index (χ0) is 12.4. The molecule has 3 nitrogen and oxygen atoms in total. The van der Waals surface area contributed by atoms with Gasteiger partial charge < -0.3 is 0 Å². The highest BCUT2D eigenvalue weighted by molar-refractivity contribution is 7.89. The van der Waals surface area contributed by atoms with Gasteiger partial charge >= 0.3 is 0 Å². The first-order chi connectivity index (χ1) is 7.24. The molecular formula is C11H22ClNO2S. The second-order valence-electron chi connectivity index (χ2n) is 5.84. The standard InChI is InChI=1S/C11H22ClNO2S/c1-11(2,3)9-16(14,15)13-6-4-5-10(7-12)8-13/h10H,4-9H2,1-3H3. The smallest absolute Gasteiger partial charge is 0.212 e. The van der Waals surface area contributed by atoms with E-state index in [4.69, 9.17) is 11.6 Å². The van der Waals surface area contributed by atoms with Crippen LogP contribution in [0.15, 0.2) is 0 Å². The fraction of sp³-hybridized carbons (Fsp3) is 1.00. The van der Waals surface area contributed by atoms with Gasteiger partial charge in [-0.3, -0.25) is 0 Å². The normalized spacial score (nSPS) is 24.6. The minimum absolute atomic E-state index is 0.188. The van der Waals surface area contributed by atoms with E-state index in [0.717, 1.165) is 12.8 Å². The van der Waals surface area contributed by atoms with Gasteiger partial charge in [-0.05, 0) is 24.2 Å². The molecule has 1 atom stereocenters. The monoisotopic (exact) mass is 267 g/mol. The number of alkyl halides is 1. The van der Waals surface area contributed by atoms with Gasteiger partial charge in [-0.25, -0.2) is 12.7 Å². The van der Waals surface area contributed by atoms with Gasteiger partial charge in [-0.2, -0.15) is 0 Å². The maximum Gasteiger partial charge on any atom is 0.214 e. The summed E-state index contributed by atoms with van der Waals surface area (Å²) >= 11 is 5.81. The van der Waals surface area contributed by atoms with Crippen molar-refractivity contribution in [3.8, 4) is 0 Å². The van der Waals surface area contributed by atoms with Crippen molar-refractivity contribution in [3.05, 3.63) is 0 Å². The minimum atomic E-state index is -3.11. The van der Waals surface area contributed by atoms with E-state index in [0.29, 0.717) is 24.9 Å². The summed E-state index contributed by atoms with van der Waals surface area (Å²) < 4.78 is 25.9. The van der Waals surface area contributed by atoms with Crippen molar-refractivity contribution in [2.45, 2.75) is 33.6 Å². The first-order valence-corrected chi connectivity index (χ1v) is 7.93. The Kier molecular flexibility index (Phi) is 4.66. The molecule has 1 rings (SSSR count). The third kappa shape index (κ3) is 4.22. The van der Waals surface area contributed by atoms with E-state index in [-0.39, 0.29) is 11.2 Å². The average molecular weight is 268 g/mol.